The van der Waals surface area contributed by atoms with Gasteiger partial charge in [-0.25, -0.2) is 0 Å². The molecule has 5 atom stereocenters. The van der Waals surface area contributed by atoms with Crippen LogP contribution < -0.4 is 0 Å². The Kier molecular flexibility index (Phi) is 7.52. The van der Waals surface area contributed by atoms with Gasteiger partial charge in [-0.2, -0.15) is 0 Å². The van der Waals surface area contributed by atoms with E-state index in [4.69, 9.17) is 28.4 Å². The van der Waals surface area contributed by atoms with E-state index in [9.17, 15) is 19.2 Å². The molecule has 0 radical (unpaired) electrons. The molecule has 0 aromatic heterocycles. The zero-order valence-corrected chi connectivity index (χ0v) is 15.6. The first-order valence-corrected chi connectivity index (χ1v) is 7.88. The maximum atomic E-state index is 11.6. The fourth-order valence-corrected chi connectivity index (χ4v) is 2.62. The Morgan fingerprint density at radius 3 is 1.77 bits per heavy atom. The molecule has 0 aromatic carbocycles. The number of carbonyl (C=O) groups excluding carboxylic acids is 4. The number of hydrogen-bond donors (Lipinski definition) is 0. The van der Waals surface area contributed by atoms with Gasteiger partial charge in [0.1, 0.15) is 12.7 Å². The van der Waals surface area contributed by atoms with Crippen molar-refractivity contribution < 1.29 is 47.6 Å². The summed E-state index contributed by atoms with van der Waals surface area (Å²) in [6.07, 6.45) is -4.68. The lowest BCUT2D eigenvalue weighted by atomic mass is 9.92. The normalized spacial score (nSPS) is 30.8. The van der Waals surface area contributed by atoms with E-state index in [0.29, 0.717) is 0 Å². The molecule has 148 valence electrons. The monoisotopic (exact) mass is 376 g/mol. The molecule has 1 aliphatic rings. The van der Waals surface area contributed by atoms with E-state index < -0.39 is 54.1 Å². The van der Waals surface area contributed by atoms with Crippen LogP contribution in [0.4, 0.5) is 0 Å². The van der Waals surface area contributed by atoms with E-state index in [0.717, 1.165) is 20.8 Å². The molecule has 0 aliphatic carbocycles. The van der Waals surface area contributed by atoms with Gasteiger partial charge in [0.2, 0.25) is 5.79 Å². The minimum Gasteiger partial charge on any atom is -0.463 e. The molecule has 0 unspecified atom stereocenters. The number of rotatable bonds is 6. The lowest BCUT2D eigenvalue weighted by Crippen LogP contribution is -2.67. The van der Waals surface area contributed by atoms with Gasteiger partial charge >= 0.3 is 23.9 Å². The summed E-state index contributed by atoms with van der Waals surface area (Å²) in [4.78, 5) is 45.8. The van der Waals surface area contributed by atoms with Gasteiger partial charge in [0, 0.05) is 34.8 Å². The van der Waals surface area contributed by atoms with Crippen LogP contribution in [0, 0.1) is 0 Å². The average Bonchev–Trinajstić information content (AvgIpc) is 2.50. The van der Waals surface area contributed by atoms with Crippen molar-refractivity contribution in [3.8, 4) is 0 Å². The van der Waals surface area contributed by atoms with Crippen LogP contribution in [0.5, 0.6) is 0 Å². The number of ether oxygens (including phenoxy) is 6. The third kappa shape index (κ3) is 5.67. The summed E-state index contributed by atoms with van der Waals surface area (Å²) in [5.41, 5.74) is 0. The highest BCUT2D eigenvalue weighted by molar-refractivity contribution is 5.68. The van der Waals surface area contributed by atoms with E-state index in [1.165, 1.54) is 21.0 Å². The van der Waals surface area contributed by atoms with Crippen LogP contribution >= 0.6 is 0 Å². The molecule has 0 bridgehead atoms. The Morgan fingerprint density at radius 1 is 0.846 bits per heavy atom. The second-order valence-electron chi connectivity index (χ2n) is 5.86. The first-order valence-electron chi connectivity index (χ1n) is 7.88. The van der Waals surface area contributed by atoms with E-state index in [-0.39, 0.29) is 6.61 Å². The highest BCUT2D eigenvalue weighted by Crippen LogP contribution is 2.36. The first kappa shape index (κ1) is 21.8. The van der Waals surface area contributed by atoms with Crippen molar-refractivity contribution in [2.24, 2.45) is 0 Å². The number of hydrogen-bond acceptors (Lipinski definition) is 10. The summed E-state index contributed by atoms with van der Waals surface area (Å²) in [7, 11) is 1.30. The summed E-state index contributed by atoms with van der Waals surface area (Å²) in [5, 5.41) is 0. The van der Waals surface area contributed by atoms with Crippen molar-refractivity contribution in [2.75, 3.05) is 13.7 Å². The molecule has 10 heteroatoms. The Hall–Kier alpha value is -2.20. The third-order valence-electron chi connectivity index (χ3n) is 3.64. The highest BCUT2D eigenvalue weighted by Gasteiger charge is 2.58. The fraction of sp³-hybridized carbons (Fsp3) is 0.750. The maximum absolute atomic E-state index is 11.6. The molecule has 0 saturated carbocycles. The van der Waals surface area contributed by atoms with Gasteiger partial charge in [0.05, 0.1) is 0 Å². The van der Waals surface area contributed by atoms with Crippen LogP contribution in [0.15, 0.2) is 0 Å². The van der Waals surface area contributed by atoms with E-state index in [1.54, 1.807) is 0 Å². The average molecular weight is 376 g/mol. The molecular formula is C16H24O10. The summed E-state index contributed by atoms with van der Waals surface area (Å²) < 4.78 is 31.7. The molecule has 1 aliphatic heterocycles. The third-order valence-corrected chi connectivity index (χ3v) is 3.64. The second kappa shape index (κ2) is 8.95. The van der Waals surface area contributed by atoms with Gasteiger partial charge in [-0.15, -0.1) is 0 Å². The lowest BCUT2D eigenvalue weighted by molar-refractivity contribution is -0.352. The number of carbonyl (C=O) groups is 4. The molecular weight excluding hydrogens is 352 g/mol. The quantitative estimate of drug-likeness (QED) is 0.466. The van der Waals surface area contributed by atoms with Crippen LogP contribution in [0.1, 0.15) is 34.6 Å². The molecule has 26 heavy (non-hydrogen) atoms. The lowest BCUT2D eigenvalue weighted by Gasteiger charge is -2.48. The highest BCUT2D eigenvalue weighted by atomic mass is 16.7. The van der Waals surface area contributed by atoms with Crippen molar-refractivity contribution in [2.45, 2.75) is 64.8 Å². The maximum Gasteiger partial charge on any atom is 0.303 e. The predicted molar refractivity (Wildman–Crippen MR) is 83.6 cm³/mol. The van der Waals surface area contributed by atoms with Crippen LogP contribution in [0.2, 0.25) is 0 Å². The standard InChI is InChI=1S/C16H24O10/c1-8(17)22-7-12-13(23-9(2)18)14(24-10(3)19)15(25-11(4)20)16(5,21-6)26-12/h12-15H,7H2,1-6H3/t12-,13+,14+,15-,16+/m1/s1. The van der Waals surface area contributed by atoms with Gasteiger partial charge in [0.25, 0.3) is 0 Å². The molecule has 1 rings (SSSR count). The zero-order chi connectivity index (χ0) is 20.1. The molecule has 0 N–H and O–H groups in total. The van der Waals surface area contributed by atoms with E-state index >= 15 is 0 Å². The van der Waals surface area contributed by atoms with Gasteiger partial charge in [-0.05, 0) is 6.92 Å². The fourth-order valence-electron chi connectivity index (χ4n) is 2.62. The van der Waals surface area contributed by atoms with Gasteiger partial charge in [-0.1, -0.05) is 0 Å². The number of methoxy groups -OCH3 is 1. The van der Waals surface area contributed by atoms with Gasteiger partial charge in [0.15, 0.2) is 18.3 Å². The van der Waals surface area contributed by atoms with E-state index in [1.807, 2.05) is 0 Å². The van der Waals surface area contributed by atoms with Crippen molar-refractivity contribution in [3.05, 3.63) is 0 Å². The molecule has 0 aromatic rings. The first-order chi connectivity index (χ1) is 12.0. The molecule has 10 nitrogen and oxygen atoms in total. The molecule has 0 spiro atoms. The Bertz CT molecular complexity index is 559. The second-order valence-corrected chi connectivity index (χ2v) is 5.86. The Labute approximate surface area is 151 Å². The minimum atomic E-state index is -1.55. The summed E-state index contributed by atoms with van der Waals surface area (Å²) >= 11 is 0. The van der Waals surface area contributed by atoms with Crippen molar-refractivity contribution in [3.63, 3.8) is 0 Å². The van der Waals surface area contributed by atoms with Crippen LogP contribution in [0.25, 0.3) is 0 Å². The van der Waals surface area contributed by atoms with Gasteiger partial charge in [-0.3, -0.25) is 19.2 Å². The van der Waals surface area contributed by atoms with Crippen molar-refractivity contribution in [1.82, 2.24) is 0 Å². The largest absolute Gasteiger partial charge is 0.463 e. The van der Waals surface area contributed by atoms with Crippen LogP contribution in [-0.2, 0) is 47.6 Å². The smallest absolute Gasteiger partial charge is 0.303 e. The topological polar surface area (TPSA) is 124 Å². The van der Waals surface area contributed by atoms with E-state index in [2.05, 4.69) is 0 Å². The SMILES string of the molecule is CO[C@@]1(C)O[C@H](COC(C)=O)[C@H](OC(C)=O)[C@H](OC(C)=O)[C@H]1OC(C)=O. The molecule has 1 fully saturated rings. The van der Waals surface area contributed by atoms with Crippen molar-refractivity contribution >= 4 is 23.9 Å². The van der Waals surface area contributed by atoms with Crippen LogP contribution in [-0.4, -0.2) is 67.8 Å². The predicted octanol–water partition coefficient (Wildman–Crippen LogP) is 0.106. The van der Waals surface area contributed by atoms with Crippen molar-refractivity contribution in [1.29, 1.82) is 0 Å². The summed E-state index contributed by atoms with van der Waals surface area (Å²) in [5.74, 6) is -4.20. The summed E-state index contributed by atoms with van der Waals surface area (Å²) in [6.45, 7) is 5.82. The zero-order valence-electron chi connectivity index (χ0n) is 15.6. The minimum absolute atomic E-state index is 0.295. The molecule has 1 saturated heterocycles. The van der Waals surface area contributed by atoms with Crippen LogP contribution in [0.3, 0.4) is 0 Å². The Balaban J connectivity index is 3.32. The molecule has 1 heterocycles. The number of esters is 4. The molecule has 0 amide bonds. The summed E-state index contributed by atoms with van der Waals surface area (Å²) in [6, 6.07) is 0. The Morgan fingerprint density at radius 2 is 1.35 bits per heavy atom. The van der Waals surface area contributed by atoms with Gasteiger partial charge < -0.3 is 28.4 Å².